The molecule has 0 aliphatic rings. The maximum atomic E-state index is 13.3. The fraction of sp³-hybridized carbons (Fsp3) is 0.103. The molecule has 0 spiro atoms. The van der Waals surface area contributed by atoms with E-state index in [0.717, 1.165) is 27.6 Å². The number of furan rings is 1. The van der Waals surface area contributed by atoms with Crippen LogP contribution in [-0.4, -0.2) is 30.3 Å². The molecule has 0 fully saturated rings. The molecule has 38 heavy (non-hydrogen) atoms. The van der Waals surface area contributed by atoms with Gasteiger partial charge >= 0.3 is 0 Å². The zero-order valence-corrected chi connectivity index (χ0v) is 20.7. The number of hydrogen-bond acceptors (Lipinski definition) is 6. The minimum Gasteiger partial charge on any atom is -0.458 e. The third-order valence-corrected chi connectivity index (χ3v) is 6.22. The molecule has 4 aromatic heterocycles. The first-order chi connectivity index (χ1) is 18.5. The minimum absolute atomic E-state index is 0.109. The van der Waals surface area contributed by atoms with Gasteiger partial charge in [0.1, 0.15) is 16.9 Å². The highest BCUT2D eigenvalue weighted by atomic mass is 16.3. The largest absolute Gasteiger partial charge is 0.458 e. The lowest BCUT2D eigenvalue weighted by Crippen LogP contribution is -2.27. The van der Waals surface area contributed by atoms with Crippen molar-refractivity contribution in [1.82, 2.24) is 29.7 Å². The van der Waals surface area contributed by atoms with Crippen molar-refractivity contribution in [3.63, 3.8) is 0 Å². The van der Waals surface area contributed by atoms with Crippen LogP contribution in [0.4, 0.5) is 5.82 Å². The zero-order valence-electron chi connectivity index (χ0n) is 20.7. The third kappa shape index (κ3) is 4.14. The molecule has 186 valence electrons. The predicted octanol–water partition coefficient (Wildman–Crippen LogP) is 4.35. The van der Waals surface area contributed by atoms with E-state index in [9.17, 15) is 4.79 Å². The first-order valence-electron chi connectivity index (χ1n) is 12.0. The average molecular weight is 502 g/mol. The number of amides is 1. The van der Waals surface area contributed by atoms with Gasteiger partial charge in [-0.3, -0.25) is 9.48 Å². The van der Waals surface area contributed by atoms with Crippen molar-refractivity contribution in [3.05, 3.63) is 102 Å². The monoisotopic (exact) mass is 501 g/mol. The molecule has 9 nitrogen and oxygen atoms in total. The number of hydrogen-bond donors (Lipinski definition) is 2. The molecule has 0 aliphatic carbocycles. The lowest BCUT2D eigenvalue weighted by Gasteiger charge is -2.14. The number of benzene rings is 2. The van der Waals surface area contributed by atoms with Gasteiger partial charge in [-0.25, -0.2) is 9.50 Å². The number of aromatic nitrogens is 5. The van der Waals surface area contributed by atoms with E-state index in [1.165, 1.54) is 4.52 Å². The zero-order chi connectivity index (χ0) is 26.2. The molecule has 0 aliphatic heterocycles. The van der Waals surface area contributed by atoms with Crippen LogP contribution in [0.2, 0.25) is 0 Å². The highest BCUT2D eigenvalue weighted by molar-refractivity contribution is 6.04. The summed E-state index contributed by atoms with van der Waals surface area (Å²) in [6, 6.07) is 17.0. The molecule has 3 N–H and O–H groups in total. The van der Waals surface area contributed by atoms with Gasteiger partial charge in [0.15, 0.2) is 11.5 Å². The second kappa shape index (κ2) is 9.26. The van der Waals surface area contributed by atoms with E-state index < -0.39 is 6.04 Å². The number of nitrogens with one attached hydrogen (secondary N) is 1. The van der Waals surface area contributed by atoms with Crippen molar-refractivity contribution in [1.29, 1.82) is 0 Å². The fourth-order valence-corrected chi connectivity index (χ4v) is 4.49. The summed E-state index contributed by atoms with van der Waals surface area (Å²) in [6.45, 7) is 1.88. The summed E-state index contributed by atoms with van der Waals surface area (Å²) < 4.78 is 9.53. The van der Waals surface area contributed by atoms with E-state index in [4.69, 9.17) is 10.2 Å². The SMILES string of the molecule is C[C@@H](NC(=O)c1c(N)nn2cccnc12)c1oc2ccc(C#Cc3cnn(C)c3)cc2c1-c1ccccc1. The van der Waals surface area contributed by atoms with Gasteiger partial charge in [0.2, 0.25) is 0 Å². The van der Waals surface area contributed by atoms with Gasteiger partial charge in [0.25, 0.3) is 5.91 Å². The Morgan fingerprint density at radius 2 is 1.92 bits per heavy atom. The molecular formula is C29H23N7O2. The second-order valence-corrected chi connectivity index (χ2v) is 8.91. The topological polar surface area (TPSA) is 116 Å². The van der Waals surface area contributed by atoms with Gasteiger partial charge in [-0.05, 0) is 36.8 Å². The molecule has 0 radical (unpaired) electrons. The van der Waals surface area contributed by atoms with Crippen LogP contribution in [0.3, 0.4) is 0 Å². The highest BCUT2D eigenvalue weighted by Gasteiger charge is 2.25. The van der Waals surface area contributed by atoms with Gasteiger partial charge in [-0.2, -0.15) is 5.10 Å². The maximum absolute atomic E-state index is 13.3. The number of anilines is 1. The first kappa shape index (κ1) is 23.1. The lowest BCUT2D eigenvalue weighted by atomic mass is 9.98. The number of nitrogens with zero attached hydrogens (tertiary/aromatic N) is 5. The van der Waals surface area contributed by atoms with Crippen molar-refractivity contribution in [2.75, 3.05) is 5.73 Å². The van der Waals surface area contributed by atoms with Crippen LogP contribution in [0, 0.1) is 11.8 Å². The van der Waals surface area contributed by atoms with Crippen LogP contribution in [0.5, 0.6) is 0 Å². The fourth-order valence-electron chi connectivity index (χ4n) is 4.49. The third-order valence-electron chi connectivity index (χ3n) is 6.22. The summed E-state index contributed by atoms with van der Waals surface area (Å²) in [4.78, 5) is 17.6. The quantitative estimate of drug-likeness (QED) is 0.347. The second-order valence-electron chi connectivity index (χ2n) is 8.91. The number of aryl methyl sites for hydroxylation is 1. The molecular weight excluding hydrogens is 478 g/mol. The van der Waals surface area contributed by atoms with Gasteiger partial charge in [-0.15, -0.1) is 5.10 Å². The first-order valence-corrected chi connectivity index (χ1v) is 12.0. The molecule has 6 aromatic rings. The van der Waals surface area contributed by atoms with Crippen LogP contribution in [0.15, 0.2) is 83.8 Å². The molecule has 0 bridgehead atoms. The normalized spacial score (nSPS) is 11.8. The molecule has 0 saturated heterocycles. The Morgan fingerprint density at radius 1 is 1.11 bits per heavy atom. The van der Waals surface area contributed by atoms with Crippen molar-refractivity contribution in [3.8, 4) is 23.0 Å². The number of fused-ring (bicyclic) bond motifs is 2. The van der Waals surface area contributed by atoms with E-state index in [0.29, 0.717) is 17.0 Å². The standard InChI is InChI=1S/C29H23N7O2/c1-18(33-29(37)25-27(30)34-36-14-6-13-31-28(25)36)26-24(21-7-4-3-5-8-21)22-15-19(11-12-23(22)38-26)9-10-20-16-32-35(2)17-20/h3-8,11-18H,1-2H3,(H2,30,34)(H,33,37)/t18-/m1/s1. The Bertz CT molecular complexity index is 1870. The van der Waals surface area contributed by atoms with Gasteiger partial charge in [0, 0.05) is 42.2 Å². The molecule has 2 aromatic carbocycles. The summed E-state index contributed by atoms with van der Waals surface area (Å²) in [5.41, 5.74) is 10.9. The molecule has 9 heteroatoms. The number of carbonyl (C=O) groups is 1. The van der Waals surface area contributed by atoms with E-state index in [1.807, 2.05) is 68.7 Å². The predicted molar refractivity (Wildman–Crippen MR) is 144 cm³/mol. The summed E-state index contributed by atoms with van der Waals surface area (Å²) in [6.07, 6.45) is 6.89. The van der Waals surface area contributed by atoms with Crippen molar-refractivity contribution in [2.24, 2.45) is 7.05 Å². The molecule has 0 saturated carbocycles. The number of rotatable bonds is 4. The summed E-state index contributed by atoms with van der Waals surface area (Å²) >= 11 is 0. The van der Waals surface area contributed by atoms with E-state index in [-0.39, 0.29) is 17.3 Å². The molecule has 1 amide bonds. The number of carbonyl (C=O) groups excluding carboxylic acids is 1. The van der Waals surface area contributed by atoms with Gasteiger partial charge in [-0.1, -0.05) is 42.2 Å². The lowest BCUT2D eigenvalue weighted by molar-refractivity contribution is 0.0938. The molecule has 6 rings (SSSR count). The van der Waals surface area contributed by atoms with Crippen LogP contribution < -0.4 is 11.1 Å². The molecule has 4 heterocycles. The highest BCUT2D eigenvalue weighted by Crippen LogP contribution is 2.38. The number of nitrogens with two attached hydrogens (primary N) is 1. The summed E-state index contributed by atoms with van der Waals surface area (Å²) in [5, 5.41) is 12.3. The summed E-state index contributed by atoms with van der Waals surface area (Å²) in [7, 11) is 1.86. The van der Waals surface area contributed by atoms with E-state index >= 15 is 0 Å². The van der Waals surface area contributed by atoms with Gasteiger partial charge in [0.05, 0.1) is 17.8 Å². The Hall–Kier alpha value is -5.36. The molecule has 1 atom stereocenters. The van der Waals surface area contributed by atoms with E-state index in [1.54, 1.807) is 29.3 Å². The Balaban J connectivity index is 1.40. The van der Waals surface area contributed by atoms with E-state index in [2.05, 4.69) is 32.3 Å². The van der Waals surface area contributed by atoms with Crippen molar-refractivity contribution < 1.29 is 9.21 Å². The van der Waals surface area contributed by atoms with Crippen molar-refractivity contribution >= 4 is 28.3 Å². The minimum atomic E-state index is -0.479. The van der Waals surface area contributed by atoms with Crippen molar-refractivity contribution in [2.45, 2.75) is 13.0 Å². The maximum Gasteiger partial charge on any atom is 0.259 e. The summed E-state index contributed by atoms with van der Waals surface area (Å²) in [5.74, 6) is 6.71. The average Bonchev–Trinajstić information content (AvgIpc) is 3.61. The van der Waals surface area contributed by atoms with Crippen LogP contribution in [0.1, 0.15) is 40.2 Å². The van der Waals surface area contributed by atoms with Crippen LogP contribution >= 0.6 is 0 Å². The molecule has 0 unspecified atom stereocenters. The van der Waals surface area contributed by atoms with Crippen LogP contribution in [0.25, 0.3) is 27.7 Å². The Morgan fingerprint density at radius 3 is 2.71 bits per heavy atom. The smallest absolute Gasteiger partial charge is 0.259 e. The Kier molecular flexibility index (Phi) is 5.62. The van der Waals surface area contributed by atoms with Crippen LogP contribution in [-0.2, 0) is 7.05 Å². The number of nitrogen functional groups attached to an aromatic ring is 1. The van der Waals surface area contributed by atoms with Gasteiger partial charge < -0.3 is 15.5 Å². The Labute approximate surface area is 217 Å².